The highest BCUT2D eigenvalue weighted by Gasteiger charge is 2.28. The van der Waals surface area contributed by atoms with Crippen LogP contribution < -0.4 is 5.32 Å². The van der Waals surface area contributed by atoms with Crippen molar-refractivity contribution in [2.75, 3.05) is 13.1 Å². The predicted octanol–water partition coefficient (Wildman–Crippen LogP) is 0.383. The third-order valence-electron chi connectivity index (χ3n) is 1.94. The second kappa shape index (κ2) is 1.71. The molecule has 2 fully saturated rings. The number of rotatable bonds is 0. The van der Waals surface area contributed by atoms with E-state index in [1.165, 1.54) is 12.8 Å². The van der Waals surface area contributed by atoms with Gasteiger partial charge in [0, 0.05) is 14.5 Å². The zero-order valence-electron chi connectivity index (χ0n) is 4.89. The van der Waals surface area contributed by atoms with Crippen LogP contribution >= 0.6 is 0 Å². The molecule has 8 heavy (non-hydrogen) atoms. The van der Waals surface area contributed by atoms with Crippen molar-refractivity contribution in [3.05, 3.63) is 0 Å². The highest BCUT2D eigenvalue weighted by Crippen LogP contribution is 2.21. The maximum Gasteiger partial charge on any atom is 0.0704 e. The van der Waals surface area contributed by atoms with E-state index in [-0.39, 0.29) is 1.43 Å². The largest absolute Gasteiger partial charge is 0.372 e. The molecule has 48 valence electrons. The first-order valence-corrected chi connectivity index (χ1v) is 3.31. The van der Waals surface area contributed by atoms with E-state index in [0.29, 0.717) is 12.2 Å². The van der Waals surface area contributed by atoms with Crippen molar-refractivity contribution in [1.82, 2.24) is 5.32 Å². The first-order chi connectivity index (χ1) is 3.95. The lowest BCUT2D eigenvalue weighted by atomic mass is 10.2. The lowest BCUT2D eigenvalue weighted by Crippen LogP contribution is -2.38. The van der Waals surface area contributed by atoms with Crippen LogP contribution in [0, 0.1) is 0 Å². The van der Waals surface area contributed by atoms with Crippen molar-refractivity contribution >= 4 is 0 Å². The van der Waals surface area contributed by atoms with Gasteiger partial charge in [0.05, 0.1) is 12.2 Å². The normalized spacial score (nSPS) is 45.0. The van der Waals surface area contributed by atoms with Gasteiger partial charge in [-0.15, -0.1) is 0 Å². The molecule has 0 aromatic rings. The Morgan fingerprint density at radius 1 is 1.25 bits per heavy atom. The van der Waals surface area contributed by atoms with Crippen LogP contribution in [0.25, 0.3) is 0 Å². The fourth-order valence-electron chi connectivity index (χ4n) is 1.49. The van der Waals surface area contributed by atoms with E-state index in [2.05, 4.69) is 5.32 Å². The summed E-state index contributed by atoms with van der Waals surface area (Å²) in [6.45, 7) is 2.16. The quantitative estimate of drug-likeness (QED) is 0.493. The molecule has 2 unspecified atom stereocenters. The van der Waals surface area contributed by atoms with Crippen LogP contribution in [-0.2, 0) is 4.74 Å². The number of hydrogen-bond donors (Lipinski definition) is 1. The second-order valence-electron chi connectivity index (χ2n) is 2.62. The Balaban J connectivity index is 0.000000405. The topological polar surface area (TPSA) is 21.3 Å². The molecule has 2 saturated heterocycles. The number of nitrogens with one attached hydrogen (secondary N) is 1. The van der Waals surface area contributed by atoms with E-state index in [1.54, 1.807) is 0 Å². The maximum atomic E-state index is 5.53. The van der Waals surface area contributed by atoms with Gasteiger partial charge in [0.25, 0.3) is 0 Å². The van der Waals surface area contributed by atoms with Gasteiger partial charge in [-0.05, 0) is 12.8 Å². The summed E-state index contributed by atoms with van der Waals surface area (Å²) in [5, 5.41) is 3.32. The van der Waals surface area contributed by atoms with Crippen molar-refractivity contribution in [3.8, 4) is 0 Å². The SMILES string of the molecule is C1CC2CNCC1O2.[HH]. The highest BCUT2D eigenvalue weighted by atomic mass is 16.5. The van der Waals surface area contributed by atoms with Crippen molar-refractivity contribution < 1.29 is 6.16 Å². The van der Waals surface area contributed by atoms with Crippen LogP contribution in [-0.4, -0.2) is 25.3 Å². The number of morpholine rings is 1. The van der Waals surface area contributed by atoms with Gasteiger partial charge in [0.1, 0.15) is 0 Å². The van der Waals surface area contributed by atoms with Crippen LogP contribution in [0.1, 0.15) is 14.3 Å². The van der Waals surface area contributed by atoms with Crippen molar-refractivity contribution in [1.29, 1.82) is 0 Å². The van der Waals surface area contributed by atoms with Crippen molar-refractivity contribution in [2.45, 2.75) is 25.0 Å². The summed E-state index contributed by atoms with van der Waals surface area (Å²) in [5.41, 5.74) is 0. The predicted molar refractivity (Wildman–Crippen MR) is 32.9 cm³/mol. The maximum absolute atomic E-state index is 5.53. The summed E-state index contributed by atoms with van der Waals surface area (Å²) in [7, 11) is 0. The summed E-state index contributed by atoms with van der Waals surface area (Å²) in [6, 6.07) is 0. The fourth-order valence-corrected chi connectivity index (χ4v) is 1.49. The molecule has 0 aromatic heterocycles. The summed E-state index contributed by atoms with van der Waals surface area (Å²) >= 11 is 0. The Labute approximate surface area is 50.7 Å². The molecule has 0 spiro atoms. The van der Waals surface area contributed by atoms with Crippen LogP contribution in [0.2, 0.25) is 0 Å². The van der Waals surface area contributed by atoms with Crippen LogP contribution in [0.15, 0.2) is 0 Å². The van der Waals surface area contributed by atoms with Crippen molar-refractivity contribution in [3.63, 3.8) is 0 Å². The minimum Gasteiger partial charge on any atom is -0.372 e. The molecular formula is C6H13NO. The molecule has 2 aliphatic rings. The molecule has 2 heterocycles. The second-order valence-corrected chi connectivity index (χ2v) is 2.62. The first kappa shape index (κ1) is 4.77. The molecular weight excluding hydrogens is 102 g/mol. The molecule has 2 aliphatic heterocycles. The number of hydrogen-bond acceptors (Lipinski definition) is 2. The van der Waals surface area contributed by atoms with E-state index < -0.39 is 0 Å². The molecule has 2 heteroatoms. The Bertz CT molecular complexity index is 85.1. The average Bonchev–Trinajstić information content (AvgIpc) is 2.12. The first-order valence-electron chi connectivity index (χ1n) is 3.31. The Morgan fingerprint density at radius 3 is 2.38 bits per heavy atom. The van der Waals surface area contributed by atoms with Crippen molar-refractivity contribution in [2.24, 2.45) is 0 Å². The third-order valence-corrected chi connectivity index (χ3v) is 1.94. The summed E-state index contributed by atoms with van der Waals surface area (Å²) in [5.74, 6) is 0. The lowest BCUT2D eigenvalue weighted by Gasteiger charge is -2.20. The molecule has 2 bridgehead atoms. The molecule has 0 amide bonds. The van der Waals surface area contributed by atoms with Crippen LogP contribution in [0.4, 0.5) is 0 Å². The zero-order chi connectivity index (χ0) is 5.40. The summed E-state index contributed by atoms with van der Waals surface area (Å²) in [4.78, 5) is 0. The lowest BCUT2D eigenvalue weighted by molar-refractivity contribution is 0.0184. The van der Waals surface area contributed by atoms with Gasteiger partial charge in [0.15, 0.2) is 0 Å². The summed E-state index contributed by atoms with van der Waals surface area (Å²) in [6.07, 6.45) is 3.65. The molecule has 0 aromatic carbocycles. The van der Waals surface area contributed by atoms with Gasteiger partial charge >= 0.3 is 0 Å². The van der Waals surface area contributed by atoms with E-state index in [0.717, 1.165) is 13.1 Å². The van der Waals surface area contributed by atoms with E-state index >= 15 is 0 Å². The molecule has 2 atom stereocenters. The average molecular weight is 115 g/mol. The molecule has 0 radical (unpaired) electrons. The number of ether oxygens (including phenoxy) is 1. The van der Waals surface area contributed by atoms with Gasteiger partial charge in [-0.3, -0.25) is 0 Å². The van der Waals surface area contributed by atoms with Gasteiger partial charge in [-0.1, -0.05) is 0 Å². The third kappa shape index (κ3) is 0.644. The standard InChI is InChI=1S/C6H11NO.H2/c1-2-6-4-7-3-5(1)8-6;/h5-7H,1-4H2;1H. The smallest absolute Gasteiger partial charge is 0.0704 e. The van der Waals surface area contributed by atoms with Crippen LogP contribution in [0.3, 0.4) is 0 Å². The Hall–Kier alpha value is -0.0800. The summed E-state index contributed by atoms with van der Waals surface area (Å²) < 4.78 is 5.53. The van der Waals surface area contributed by atoms with E-state index in [9.17, 15) is 0 Å². The Morgan fingerprint density at radius 2 is 1.88 bits per heavy atom. The Kier molecular flexibility index (Phi) is 1.02. The molecule has 0 aliphatic carbocycles. The van der Waals surface area contributed by atoms with Gasteiger partial charge in [-0.25, -0.2) is 0 Å². The van der Waals surface area contributed by atoms with Gasteiger partial charge in [-0.2, -0.15) is 0 Å². The monoisotopic (exact) mass is 115 g/mol. The molecule has 1 N–H and O–H groups in total. The van der Waals surface area contributed by atoms with E-state index in [4.69, 9.17) is 4.74 Å². The van der Waals surface area contributed by atoms with Crippen LogP contribution in [0.5, 0.6) is 0 Å². The van der Waals surface area contributed by atoms with Gasteiger partial charge in [0.2, 0.25) is 0 Å². The molecule has 2 rings (SSSR count). The zero-order valence-corrected chi connectivity index (χ0v) is 4.89. The molecule has 0 saturated carbocycles. The number of fused-ring (bicyclic) bond motifs is 2. The fraction of sp³-hybridized carbons (Fsp3) is 1.00. The molecule has 2 nitrogen and oxygen atoms in total. The van der Waals surface area contributed by atoms with Gasteiger partial charge < -0.3 is 10.1 Å². The minimum atomic E-state index is 0. The highest BCUT2D eigenvalue weighted by molar-refractivity contribution is 4.81. The minimum absolute atomic E-state index is 0. The van der Waals surface area contributed by atoms with E-state index in [1.807, 2.05) is 0 Å².